The summed E-state index contributed by atoms with van der Waals surface area (Å²) in [6, 6.07) is 3.82. The van der Waals surface area contributed by atoms with Crippen LogP contribution in [-0.2, 0) is 0 Å². The lowest BCUT2D eigenvalue weighted by Crippen LogP contribution is -2.71. The molecule has 7 nitrogen and oxygen atoms in total. The van der Waals surface area contributed by atoms with E-state index in [0.29, 0.717) is 12.0 Å². The van der Waals surface area contributed by atoms with Gasteiger partial charge in [-0.1, -0.05) is 0 Å². The van der Waals surface area contributed by atoms with Gasteiger partial charge in [0.05, 0.1) is 6.04 Å². The molecule has 9 heteroatoms. The van der Waals surface area contributed by atoms with Gasteiger partial charge < -0.3 is 14.5 Å². The van der Waals surface area contributed by atoms with Crippen LogP contribution < -0.4 is 4.74 Å². The molecule has 33 heavy (non-hydrogen) atoms. The Morgan fingerprint density at radius 3 is 2.33 bits per heavy atom. The molecule has 2 aliphatic heterocycles. The van der Waals surface area contributed by atoms with Gasteiger partial charge in [-0.15, -0.1) is 0 Å². The van der Waals surface area contributed by atoms with E-state index >= 15 is 0 Å². The molecular formula is C24H27F2N5O2. The van der Waals surface area contributed by atoms with Crippen LogP contribution in [0.1, 0.15) is 56.3 Å². The number of amides is 2. The van der Waals surface area contributed by atoms with Crippen molar-refractivity contribution >= 4 is 6.03 Å². The van der Waals surface area contributed by atoms with Crippen LogP contribution in [0.25, 0.3) is 0 Å². The highest BCUT2D eigenvalue weighted by molar-refractivity contribution is 5.77. The second kappa shape index (κ2) is 6.67. The van der Waals surface area contributed by atoms with Crippen molar-refractivity contribution in [2.45, 2.75) is 56.6 Å². The molecule has 0 bridgehead atoms. The Balaban J connectivity index is 0.859. The van der Waals surface area contributed by atoms with E-state index in [1.165, 1.54) is 12.8 Å². The molecule has 3 aliphatic carbocycles. The lowest BCUT2D eigenvalue weighted by molar-refractivity contribution is -0.121. The zero-order valence-electron chi connectivity index (χ0n) is 18.4. The Kier molecular flexibility index (Phi) is 3.99. The number of halogens is 2. The highest BCUT2D eigenvalue weighted by Crippen LogP contribution is 2.55. The maximum atomic E-state index is 13.8. The zero-order valence-corrected chi connectivity index (χ0v) is 18.4. The molecule has 2 saturated heterocycles. The number of aromatic nitrogens is 3. The predicted octanol–water partition coefficient (Wildman–Crippen LogP) is 3.73. The van der Waals surface area contributed by atoms with Crippen LogP contribution in [0, 0.1) is 22.5 Å². The molecule has 5 aliphatic rings. The van der Waals surface area contributed by atoms with Gasteiger partial charge in [0.25, 0.3) is 0 Å². The smallest absolute Gasteiger partial charge is 0.320 e. The average Bonchev–Trinajstić information content (AvgIpc) is 3.41. The van der Waals surface area contributed by atoms with E-state index in [1.54, 1.807) is 0 Å². The van der Waals surface area contributed by atoms with E-state index in [0.717, 1.165) is 75.9 Å². The summed E-state index contributed by atoms with van der Waals surface area (Å²) in [6.07, 6.45) is 7.89. The molecule has 0 N–H and O–H groups in total. The number of rotatable bonds is 4. The Hall–Kier alpha value is -2.71. The van der Waals surface area contributed by atoms with E-state index in [1.807, 2.05) is 20.8 Å². The molecule has 1 aromatic carbocycles. The number of carbonyl (C=O) groups is 1. The normalized spacial score (nSPS) is 25.4. The monoisotopic (exact) mass is 455 g/mol. The number of benzene rings is 1. The third kappa shape index (κ3) is 3.22. The van der Waals surface area contributed by atoms with Crippen LogP contribution in [-0.4, -0.2) is 62.9 Å². The lowest BCUT2D eigenvalue weighted by atomic mass is 9.60. The van der Waals surface area contributed by atoms with Crippen LogP contribution in [0.5, 0.6) is 5.75 Å². The van der Waals surface area contributed by atoms with Crippen molar-refractivity contribution in [1.82, 2.24) is 24.6 Å². The summed E-state index contributed by atoms with van der Waals surface area (Å²) in [5.74, 6) is 0.506. The average molecular weight is 456 g/mol. The first-order valence-corrected chi connectivity index (χ1v) is 12.0. The van der Waals surface area contributed by atoms with Crippen molar-refractivity contribution in [3.05, 3.63) is 42.0 Å². The van der Waals surface area contributed by atoms with Crippen molar-refractivity contribution in [3.63, 3.8) is 0 Å². The quantitative estimate of drug-likeness (QED) is 0.705. The van der Waals surface area contributed by atoms with Gasteiger partial charge in [0.1, 0.15) is 18.2 Å². The minimum atomic E-state index is -0.542. The van der Waals surface area contributed by atoms with E-state index in [9.17, 15) is 13.6 Å². The standard InChI is InChI=1S/C24H27F2N5O2/c25-16-3-4-19(26)20(5-16)33-18-8-24(9-18)12-30(13-24)22(32)29-10-23(11-29)6-17(7-23)31-14-27-21(28-31)15-1-2-15/h3-5,14-15,17-18H,1-2,6-13H2. The molecular weight excluding hydrogens is 428 g/mol. The van der Waals surface area contributed by atoms with Gasteiger partial charge in [0.15, 0.2) is 17.4 Å². The number of carbonyl (C=O) groups excluding carboxylic acids is 1. The second-order valence-corrected chi connectivity index (χ2v) is 11.1. The summed E-state index contributed by atoms with van der Waals surface area (Å²) < 4.78 is 34.8. The molecule has 2 amide bonds. The molecule has 1 aromatic heterocycles. The number of nitrogens with zero attached hydrogens (tertiary/aromatic N) is 5. The van der Waals surface area contributed by atoms with Crippen LogP contribution in [0.2, 0.25) is 0 Å². The minimum absolute atomic E-state index is 0.0264. The highest BCUT2D eigenvalue weighted by Gasteiger charge is 2.59. The van der Waals surface area contributed by atoms with Crippen LogP contribution >= 0.6 is 0 Å². The topological polar surface area (TPSA) is 63.5 Å². The predicted molar refractivity (Wildman–Crippen MR) is 114 cm³/mol. The van der Waals surface area contributed by atoms with Crippen molar-refractivity contribution < 1.29 is 18.3 Å². The first kappa shape index (κ1) is 19.7. The molecule has 174 valence electrons. The first-order chi connectivity index (χ1) is 15.9. The van der Waals surface area contributed by atoms with E-state index < -0.39 is 11.6 Å². The highest BCUT2D eigenvalue weighted by atomic mass is 19.1. The van der Waals surface area contributed by atoms with Gasteiger partial charge in [0.2, 0.25) is 0 Å². The molecule has 2 spiro atoms. The number of hydrogen-bond donors (Lipinski definition) is 0. The molecule has 0 radical (unpaired) electrons. The minimum Gasteiger partial charge on any atom is -0.487 e. The Morgan fingerprint density at radius 2 is 1.67 bits per heavy atom. The summed E-state index contributed by atoms with van der Waals surface area (Å²) >= 11 is 0. The summed E-state index contributed by atoms with van der Waals surface area (Å²) in [7, 11) is 0. The number of urea groups is 1. The fraction of sp³-hybridized carbons (Fsp3) is 0.625. The third-order valence-electron chi connectivity index (χ3n) is 8.33. The number of hydrogen-bond acceptors (Lipinski definition) is 4. The van der Waals surface area contributed by atoms with Gasteiger partial charge in [-0.3, -0.25) is 0 Å². The molecule has 0 atom stereocenters. The van der Waals surface area contributed by atoms with Crippen molar-refractivity contribution in [2.24, 2.45) is 10.8 Å². The second-order valence-electron chi connectivity index (χ2n) is 11.1. The maximum absolute atomic E-state index is 13.8. The fourth-order valence-corrected chi connectivity index (χ4v) is 6.37. The number of ether oxygens (including phenoxy) is 1. The van der Waals surface area contributed by atoms with Gasteiger partial charge >= 0.3 is 6.03 Å². The largest absolute Gasteiger partial charge is 0.487 e. The van der Waals surface area contributed by atoms with Crippen molar-refractivity contribution in [2.75, 3.05) is 26.2 Å². The summed E-state index contributed by atoms with van der Waals surface area (Å²) in [5.41, 5.74) is 0.347. The van der Waals surface area contributed by atoms with Gasteiger partial charge in [0, 0.05) is 49.0 Å². The van der Waals surface area contributed by atoms with Gasteiger partial charge in [-0.25, -0.2) is 23.2 Å². The van der Waals surface area contributed by atoms with Crippen LogP contribution in [0.15, 0.2) is 24.5 Å². The van der Waals surface area contributed by atoms with Gasteiger partial charge in [-0.05, 0) is 50.7 Å². The Bertz CT molecular complexity index is 1100. The maximum Gasteiger partial charge on any atom is 0.320 e. The summed E-state index contributed by atoms with van der Waals surface area (Å²) in [6.45, 7) is 3.12. The Morgan fingerprint density at radius 1 is 1.00 bits per heavy atom. The van der Waals surface area contributed by atoms with Crippen LogP contribution in [0.3, 0.4) is 0 Å². The molecule has 3 heterocycles. The Labute approximate surface area is 190 Å². The fourth-order valence-electron chi connectivity index (χ4n) is 6.37. The van der Waals surface area contributed by atoms with E-state index in [-0.39, 0.29) is 28.7 Å². The van der Waals surface area contributed by atoms with Crippen molar-refractivity contribution in [3.8, 4) is 5.75 Å². The molecule has 2 aromatic rings. The molecule has 5 fully saturated rings. The third-order valence-corrected chi connectivity index (χ3v) is 8.33. The molecule has 3 saturated carbocycles. The van der Waals surface area contributed by atoms with Crippen LogP contribution in [0.4, 0.5) is 13.6 Å². The number of likely N-dealkylation sites (tertiary alicyclic amines) is 2. The van der Waals surface area contributed by atoms with E-state index in [2.05, 4.69) is 10.1 Å². The SMILES string of the molecule is O=C(N1CC2(CC(Oc3cc(F)ccc3F)C2)C1)N1CC2(CC(n3cnc(C4CC4)n3)C2)C1. The zero-order chi connectivity index (χ0) is 22.4. The lowest BCUT2D eigenvalue weighted by Gasteiger charge is -2.63. The van der Waals surface area contributed by atoms with Gasteiger partial charge in [-0.2, -0.15) is 5.10 Å². The van der Waals surface area contributed by atoms with Crippen molar-refractivity contribution in [1.29, 1.82) is 0 Å². The summed E-state index contributed by atoms with van der Waals surface area (Å²) in [4.78, 5) is 21.2. The first-order valence-electron chi connectivity index (χ1n) is 12.0. The molecule has 7 rings (SSSR count). The summed E-state index contributed by atoms with van der Waals surface area (Å²) in [5, 5.41) is 4.66. The molecule has 0 unspecified atom stereocenters. The van der Waals surface area contributed by atoms with E-state index in [4.69, 9.17) is 4.74 Å².